The Morgan fingerprint density at radius 1 is 1.50 bits per heavy atom. The first kappa shape index (κ1) is 7.24. The molecule has 5 heteroatoms. The smallest absolute Gasteiger partial charge is 0.221 e. The van der Waals surface area contributed by atoms with Gasteiger partial charge in [0.05, 0.1) is 12.2 Å². The molecule has 0 aromatic carbocycles. The molecule has 4 nitrogen and oxygen atoms in total. The molecule has 0 unspecified atom stereocenters. The van der Waals surface area contributed by atoms with Crippen molar-refractivity contribution in [1.82, 2.24) is 9.97 Å². The molecule has 0 fully saturated rings. The summed E-state index contributed by atoms with van der Waals surface area (Å²) in [5, 5.41) is 0.296. The zero-order valence-electron chi connectivity index (χ0n) is 5.08. The highest BCUT2D eigenvalue weighted by molar-refractivity contribution is 6.29. The minimum atomic E-state index is 0.129. The minimum absolute atomic E-state index is 0.129. The number of halogens is 1. The third-order valence-corrected chi connectivity index (χ3v) is 1.10. The monoisotopic (exact) mass is 157 g/mol. The SMILES string of the molecule is N[CH]c1cc(Cl)nc(N)n1. The zero-order chi connectivity index (χ0) is 7.56. The standard InChI is InChI=1S/C5H6ClN4/c6-4-1-3(2-7)9-5(8)10-4/h1-2H,7H2,(H2,8,9,10). The van der Waals surface area contributed by atoms with Crippen LogP contribution in [0.15, 0.2) is 6.07 Å². The predicted molar refractivity (Wildman–Crippen MR) is 39.0 cm³/mol. The third-order valence-electron chi connectivity index (χ3n) is 0.903. The van der Waals surface area contributed by atoms with Gasteiger partial charge in [0.1, 0.15) is 5.15 Å². The predicted octanol–water partition coefficient (Wildman–Crippen LogP) is 0.181. The quantitative estimate of drug-likeness (QED) is 0.570. The van der Waals surface area contributed by atoms with Gasteiger partial charge in [0.15, 0.2) is 0 Å². The fraction of sp³-hybridized carbons (Fsp3) is 0. The van der Waals surface area contributed by atoms with Gasteiger partial charge in [-0.3, -0.25) is 0 Å². The Morgan fingerprint density at radius 2 is 2.20 bits per heavy atom. The molecular weight excluding hydrogens is 152 g/mol. The van der Waals surface area contributed by atoms with E-state index in [9.17, 15) is 0 Å². The van der Waals surface area contributed by atoms with Crippen molar-refractivity contribution in [3.63, 3.8) is 0 Å². The summed E-state index contributed by atoms with van der Waals surface area (Å²) in [6.07, 6.45) is 0. The molecule has 53 valence electrons. The summed E-state index contributed by atoms with van der Waals surface area (Å²) in [7, 11) is 0. The maximum absolute atomic E-state index is 5.52. The van der Waals surface area contributed by atoms with Gasteiger partial charge in [0.2, 0.25) is 5.95 Å². The van der Waals surface area contributed by atoms with Crippen molar-refractivity contribution < 1.29 is 0 Å². The zero-order valence-corrected chi connectivity index (χ0v) is 5.84. The van der Waals surface area contributed by atoms with Crippen LogP contribution in [0.1, 0.15) is 5.69 Å². The highest BCUT2D eigenvalue weighted by Crippen LogP contribution is 2.07. The molecule has 1 radical (unpaired) electrons. The van der Waals surface area contributed by atoms with Crippen molar-refractivity contribution in [3.8, 4) is 0 Å². The molecule has 0 saturated heterocycles. The molecule has 0 bridgehead atoms. The van der Waals surface area contributed by atoms with E-state index in [4.69, 9.17) is 23.1 Å². The number of nitrogens with two attached hydrogens (primary N) is 2. The van der Waals surface area contributed by atoms with E-state index >= 15 is 0 Å². The summed E-state index contributed by atoms with van der Waals surface area (Å²) >= 11 is 5.52. The number of rotatable bonds is 1. The Bertz CT molecular complexity index is 217. The Hall–Kier alpha value is -0.870. The molecular formula is C5H6ClN4. The molecule has 1 aromatic rings. The molecule has 1 heterocycles. The van der Waals surface area contributed by atoms with Crippen molar-refractivity contribution in [1.29, 1.82) is 0 Å². The van der Waals surface area contributed by atoms with Crippen molar-refractivity contribution >= 4 is 17.5 Å². The summed E-state index contributed by atoms with van der Waals surface area (Å²) in [5.41, 5.74) is 10.9. The van der Waals surface area contributed by atoms with E-state index < -0.39 is 0 Å². The number of aromatic nitrogens is 2. The summed E-state index contributed by atoms with van der Waals surface area (Å²) in [6, 6.07) is 1.53. The molecule has 0 aliphatic carbocycles. The van der Waals surface area contributed by atoms with Gasteiger partial charge in [-0.15, -0.1) is 0 Å². The summed E-state index contributed by atoms with van der Waals surface area (Å²) < 4.78 is 0. The topological polar surface area (TPSA) is 77.8 Å². The van der Waals surface area contributed by atoms with Crippen LogP contribution in [-0.4, -0.2) is 9.97 Å². The van der Waals surface area contributed by atoms with Gasteiger partial charge in [-0.1, -0.05) is 11.6 Å². The van der Waals surface area contributed by atoms with Gasteiger partial charge in [0.25, 0.3) is 0 Å². The number of hydrogen-bond acceptors (Lipinski definition) is 4. The minimum Gasteiger partial charge on any atom is -0.368 e. The first-order valence-corrected chi connectivity index (χ1v) is 2.95. The Kier molecular flexibility index (Phi) is 2.03. The van der Waals surface area contributed by atoms with Crippen LogP contribution >= 0.6 is 11.6 Å². The molecule has 0 aliphatic rings. The highest BCUT2D eigenvalue weighted by Gasteiger charge is 1.96. The van der Waals surface area contributed by atoms with Gasteiger partial charge in [-0.2, -0.15) is 0 Å². The van der Waals surface area contributed by atoms with Crippen LogP contribution in [0.5, 0.6) is 0 Å². The van der Waals surface area contributed by atoms with E-state index in [1.165, 1.54) is 12.6 Å². The van der Waals surface area contributed by atoms with Crippen LogP contribution in [0.2, 0.25) is 5.15 Å². The van der Waals surface area contributed by atoms with Crippen LogP contribution in [0.25, 0.3) is 0 Å². The lowest BCUT2D eigenvalue weighted by Crippen LogP contribution is -2.01. The average Bonchev–Trinajstić information content (AvgIpc) is 1.85. The van der Waals surface area contributed by atoms with Gasteiger partial charge < -0.3 is 11.5 Å². The molecule has 0 saturated carbocycles. The molecule has 0 aliphatic heterocycles. The first-order valence-electron chi connectivity index (χ1n) is 2.57. The summed E-state index contributed by atoms with van der Waals surface area (Å²) in [6.45, 7) is 1.31. The van der Waals surface area contributed by atoms with Crippen molar-refractivity contribution in [3.05, 3.63) is 23.5 Å². The average molecular weight is 158 g/mol. The second-order valence-corrected chi connectivity index (χ2v) is 2.03. The van der Waals surface area contributed by atoms with Gasteiger partial charge in [-0.05, 0) is 6.07 Å². The van der Waals surface area contributed by atoms with Crippen LogP contribution in [0.3, 0.4) is 0 Å². The third kappa shape index (κ3) is 1.55. The van der Waals surface area contributed by atoms with E-state index in [1.807, 2.05) is 0 Å². The van der Waals surface area contributed by atoms with Crippen LogP contribution < -0.4 is 11.5 Å². The number of anilines is 1. The molecule has 0 amide bonds. The lowest BCUT2D eigenvalue weighted by molar-refractivity contribution is 1.11. The summed E-state index contributed by atoms with van der Waals surface area (Å²) in [4.78, 5) is 7.39. The number of nitrogen functional groups attached to an aromatic ring is 1. The molecule has 0 spiro atoms. The molecule has 10 heavy (non-hydrogen) atoms. The van der Waals surface area contributed by atoms with Gasteiger partial charge in [0, 0.05) is 0 Å². The van der Waals surface area contributed by atoms with Crippen LogP contribution in [0, 0.1) is 6.54 Å². The molecule has 1 aromatic heterocycles. The van der Waals surface area contributed by atoms with Crippen molar-refractivity contribution in [2.24, 2.45) is 5.73 Å². The van der Waals surface area contributed by atoms with E-state index in [0.29, 0.717) is 10.8 Å². The van der Waals surface area contributed by atoms with E-state index in [2.05, 4.69) is 9.97 Å². The first-order chi connectivity index (χ1) is 4.72. The van der Waals surface area contributed by atoms with E-state index in [0.717, 1.165) is 0 Å². The maximum atomic E-state index is 5.52. The van der Waals surface area contributed by atoms with E-state index in [1.54, 1.807) is 0 Å². The second-order valence-electron chi connectivity index (χ2n) is 1.64. The van der Waals surface area contributed by atoms with Gasteiger partial charge in [-0.25, -0.2) is 9.97 Å². The lowest BCUT2D eigenvalue weighted by atomic mass is 10.4. The molecule has 1 rings (SSSR count). The largest absolute Gasteiger partial charge is 0.368 e. The number of hydrogen-bond donors (Lipinski definition) is 2. The molecule has 4 N–H and O–H groups in total. The molecule has 0 atom stereocenters. The normalized spacial score (nSPS) is 9.80. The van der Waals surface area contributed by atoms with Crippen molar-refractivity contribution in [2.75, 3.05) is 5.73 Å². The Morgan fingerprint density at radius 3 is 2.70 bits per heavy atom. The fourth-order valence-electron chi connectivity index (χ4n) is 0.539. The van der Waals surface area contributed by atoms with Crippen molar-refractivity contribution in [2.45, 2.75) is 0 Å². The lowest BCUT2D eigenvalue weighted by Gasteiger charge is -1.96. The highest BCUT2D eigenvalue weighted by atomic mass is 35.5. The van der Waals surface area contributed by atoms with Crippen LogP contribution in [0.4, 0.5) is 5.95 Å². The van der Waals surface area contributed by atoms with E-state index in [-0.39, 0.29) is 5.95 Å². The van der Waals surface area contributed by atoms with Crippen LogP contribution in [-0.2, 0) is 0 Å². The second kappa shape index (κ2) is 2.81. The Labute approximate surface area is 63.2 Å². The summed E-state index contributed by atoms with van der Waals surface area (Å²) in [5.74, 6) is 0.129. The van der Waals surface area contributed by atoms with Gasteiger partial charge >= 0.3 is 0 Å². The Balaban J connectivity index is 3.06. The fourth-order valence-corrected chi connectivity index (χ4v) is 0.737. The maximum Gasteiger partial charge on any atom is 0.221 e. The number of nitrogens with zero attached hydrogens (tertiary/aromatic N) is 2.